The third-order valence-corrected chi connectivity index (χ3v) is 12.0. The number of hydrogen-bond acceptors (Lipinski definition) is 4. The van der Waals surface area contributed by atoms with Crippen molar-refractivity contribution in [3.05, 3.63) is 23.3 Å². The molecule has 8 aliphatic carbocycles. The molecular weight excluding hydrogens is 448 g/mol. The molecule has 10 fully saturated rings. The van der Waals surface area contributed by atoms with Gasteiger partial charge in [-0.05, 0) is 129 Å². The highest BCUT2D eigenvalue weighted by molar-refractivity contribution is 5.54. The van der Waals surface area contributed by atoms with Crippen molar-refractivity contribution >= 4 is 0 Å². The molecule has 0 unspecified atom stereocenters. The third-order valence-electron chi connectivity index (χ3n) is 12.0. The maximum absolute atomic E-state index is 6.65. The number of rotatable bonds is 8. The zero-order chi connectivity index (χ0) is 23.5. The molecule has 4 heteroatoms. The van der Waals surface area contributed by atoms with E-state index in [-0.39, 0.29) is 12.2 Å². The summed E-state index contributed by atoms with van der Waals surface area (Å²) in [6.07, 6.45) is 17.7. The van der Waals surface area contributed by atoms with Crippen LogP contribution in [0.25, 0.3) is 0 Å². The normalized spacial score (nSPS) is 48.9. The van der Waals surface area contributed by atoms with Crippen molar-refractivity contribution in [3.63, 3.8) is 0 Å². The molecule has 2 aliphatic heterocycles. The first-order chi connectivity index (χ1) is 17.6. The van der Waals surface area contributed by atoms with Crippen LogP contribution in [0.3, 0.4) is 0 Å². The highest BCUT2D eigenvalue weighted by Gasteiger charge is 2.55. The molecule has 11 rings (SSSR count). The first-order valence-electron chi connectivity index (χ1n) is 15.3. The van der Waals surface area contributed by atoms with Crippen LogP contribution in [-0.4, -0.2) is 38.6 Å². The highest BCUT2D eigenvalue weighted by atomic mass is 16.6. The average Bonchev–Trinajstić information content (AvgIpc) is 3.75. The average molecular weight is 491 g/mol. The third kappa shape index (κ3) is 3.52. The molecule has 1 aromatic carbocycles. The van der Waals surface area contributed by atoms with Crippen LogP contribution in [0.2, 0.25) is 0 Å². The van der Waals surface area contributed by atoms with Crippen molar-refractivity contribution in [3.8, 4) is 11.5 Å². The summed E-state index contributed by atoms with van der Waals surface area (Å²) in [6, 6.07) is 5.04. The van der Waals surface area contributed by atoms with Gasteiger partial charge in [-0.1, -0.05) is 0 Å². The largest absolute Gasteiger partial charge is 0.490 e. The van der Waals surface area contributed by atoms with Gasteiger partial charge in [0.2, 0.25) is 0 Å². The predicted molar refractivity (Wildman–Crippen MR) is 137 cm³/mol. The second-order valence-corrected chi connectivity index (χ2v) is 14.8. The quantitative estimate of drug-likeness (QED) is 0.408. The number of epoxide rings is 2. The van der Waals surface area contributed by atoms with Gasteiger partial charge in [0.15, 0.2) is 0 Å². The molecule has 4 nitrogen and oxygen atoms in total. The van der Waals surface area contributed by atoms with E-state index >= 15 is 0 Å². The number of hydrogen-bond donors (Lipinski definition) is 0. The first kappa shape index (κ1) is 21.6. The second-order valence-electron chi connectivity index (χ2n) is 14.8. The molecule has 1 aromatic rings. The molecule has 0 aromatic heterocycles. The van der Waals surface area contributed by atoms with Gasteiger partial charge in [0, 0.05) is 17.2 Å². The van der Waals surface area contributed by atoms with Crippen molar-refractivity contribution in [2.75, 3.05) is 26.4 Å². The van der Waals surface area contributed by atoms with Gasteiger partial charge in [-0.25, -0.2) is 0 Å². The fourth-order valence-corrected chi connectivity index (χ4v) is 11.2. The van der Waals surface area contributed by atoms with Crippen LogP contribution in [0.15, 0.2) is 12.1 Å². The molecule has 0 amide bonds. The van der Waals surface area contributed by atoms with Crippen LogP contribution in [0, 0.1) is 35.5 Å². The molecule has 10 aliphatic rings. The van der Waals surface area contributed by atoms with Crippen molar-refractivity contribution in [1.29, 1.82) is 0 Å². The summed E-state index contributed by atoms with van der Waals surface area (Å²) in [4.78, 5) is 0. The smallest absolute Gasteiger partial charge is 0.126 e. The van der Waals surface area contributed by atoms with E-state index in [0.29, 0.717) is 24.0 Å². The van der Waals surface area contributed by atoms with Crippen LogP contribution >= 0.6 is 0 Å². The lowest BCUT2D eigenvalue weighted by atomic mass is 9.46. The summed E-state index contributed by atoms with van der Waals surface area (Å²) in [6.45, 7) is 3.06. The van der Waals surface area contributed by atoms with Crippen molar-refractivity contribution in [1.82, 2.24) is 0 Å². The lowest BCUT2D eigenvalue weighted by molar-refractivity contribution is -0.00999. The van der Waals surface area contributed by atoms with Crippen molar-refractivity contribution < 1.29 is 18.9 Å². The lowest BCUT2D eigenvalue weighted by Gasteiger charge is -2.58. The van der Waals surface area contributed by atoms with Crippen LogP contribution in [0.5, 0.6) is 11.5 Å². The van der Waals surface area contributed by atoms with E-state index in [2.05, 4.69) is 12.1 Å². The molecule has 8 bridgehead atoms. The van der Waals surface area contributed by atoms with E-state index in [1.165, 1.54) is 77.0 Å². The fourth-order valence-electron chi connectivity index (χ4n) is 11.2. The number of benzene rings is 1. The van der Waals surface area contributed by atoms with Gasteiger partial charge in [0.1, 0.15) is 36.9 Å². The Kier molecular flexibility index (Phi) is 4.60. The van der Waals surface area contributed by atoms with E-state index in [9.17, 15) is 0 Å². The van der Waals surface area contributed by atoms with Gasteiger partial charge in [-0.2, -0.15) is 0 Å². The molecule has 0 spiro atoms. The van der Waals surface area contributed by atoms with E-state index in [1.54, 1.807) is 11.1 Å². The van der Waals surface area contributed by atoms with Crippen LogP contribution in [0.4, 0.5) is 0 Å². The summed E-state index contributed by atoms with van der Waals surface area (Å²) in [5.74, 6) is 7.83. The predicted octanol–water partition coefficient (Wildman–Crippen LogP) is 6.18. The summed E-state index contributed by atoms with van der Waals surface area (Å²) < 4.78 is 24.4. The van der Waals surface area contributed by atoms with E-state index in [4.69, 9.17) is 18.9 Å². The van der Waals surface area contributed by atoms with Gasteiger partial charge in [0.25, 0.3) is 0 Å². The maximum Gasteiger partial charge on any atom is 0.126 e. The maximum atomic E-state index is 6.65. The van der Waals surface area contributed by atoms with Crippen LogP contribution in [-0.2, 0) is 20.3 Å². The molecule has 2 atom stereocenters. The van der Waals surface area contributed by atoms with Gasteiger partial charge in [0.05, 0.1) is 13.2 Å². The lowest BCUT2D eigenvalue weighted by Crippen LogP contribution is -2.50. The van der Waals surface area contributed by atoms with E-state index in [1.807, 2.05) is 0 Å². The standard InChI is InChI=1S/C32H42O4/c1-19-2-21-3-20(1)10-31(9-19,11-21)27-7-28(32-12-22-4-23(13-32)6-24(5-22)14-32)30(36-18-26-16-34-26)8-29(27)35-17-25-15-33-25/h7-8,19-26H,1-6,9-18H2/t19?,20?,21?,22?,23?,24?,25-,26-,31?,32?/m1/s1. The van der Waals surface area contributed by atoms with Crippen LogP contribution < -0.4 is 9.47 Å². The molecule has 8 saturated carbocycles. The minimum absolute atomic E-state index is 0.279. The Bertz CT molecular complexity index is 903. The zero-order valence-corrected chi connectivity index (χ0v) is 21.7. The first-order valence-corrected chi connectivity index (χ1v) is 15.3. The summed E-state index contributed by atoms with van der Waals surface area (Å²) in [7, 11) is 0. The zero-order valence-electron chi connectivity index (χ0n) is 21.7. The molecular formula is C32H42O4. The molecule has 2 heterocycles. The molecule has 36 heavy (non-hydrogen) atoms. The molecule has 0 radical (unpaired) electrons. The van der Waals surface area contributed by atoms with E-state index in [0.717, 1.165) is 60.2 Å². The fraction of sp³-hybridized carbons (Fsp3) is 0.812. The van der Waals surface area contributed by atoms with Crippen molar-refractivity contribution in [2.24, 2.45) is 35.5 Å². The van der Waals surface area contributed by atoms with Gasteiger partial charge < -0.3 is 18.9 Å². The molecule has 2 saturated heterocycles. The summed E-state index contributed by atoms with van der Waals surface area (Å²) >= 11 is 0. The molecule has 0 N–H and O–H groups in total. The Morgan fingerprint density at radius 2 is 0.889 bits per heavy atom. The summed E-state index contributed by atoms with van der Waals surface area (Å²) in [5.41, 5.74) is 3.76. The minimum Gasteiger partial charge on any atom is -0.490 e. The van der Waals surface area contributed by atoms with E-state index < -0.39 is 0 Å². The van der Waals surface area contributed by atoms with Gasteiger partial charge in [-0.3, -0.25) is 0 Å². The monoisotopic (exact) mass is 490 g/mol. The Hall–Kier alpha value is -1.26. The highest BCUT2D eigenvalue weighted by Crippen LogP contribution is 2.65. The topological polar surface area (TPSA) is 43.5 Å². The Morgan fingerprint density at radius 1 is 0.556 bits per heavy atom. The summed E-state index contributed by atoms with van der Waals surface area (Å²) in [5, 5.41) is 0. The minimum atomic E-state index is 0.279. The molecule has 194 valence electrons. The Morgan fingerprint density at radius 3 is 1.19 bits per heavy atom. The van der Waals surface area contributed by atoms with Gasteiger partial charge >= 0.3 is 0 Å². The van der Waals surface area contributed by atoms with Crippen molar-refractivity contribution in [2.45, 2.75) is 100 Å². The van der Waals surface area contributed by atoms with Crippen LogP contribution in [0.1, 0.15) is 88.2 Å². The van der Waals surface area contributed by atoms with Gasteiger partial charge in [-0.15, -0.1) is 0 Å². The SMILES string of the molecule is c1c(OC[C@H]2CO2)c(C23CC4CC(CC(C4)C2)C3)cc(C23CC4CC(CC(C4)C2)C3)c1OC[C@H]1CO1. The Balaban J connectivity index is 1.17. The Labute approximate surface area is 215 Å². The number of ether oxygens (including phenoxy) is 4. The second kappa shape index (κ2) is 7.65.